The van der Waals surface area contributed by atoms with Crippen LogP contribution in [0.1, 0.15) is 19.8 Å². The highest BCUT2D eigenvalue weighted by atomic mass is 32.2. The average molecular weight is 857 g/mol. The molecular weight excluding hydrogens is 817 g/mol. The molecule has 0 fully saturated rings. The highest BCUT2D eigenvalue weighted by Gasteiger charge is 2.21. The van der Waals surface area contributed by atoms with Crippen LogP contribution in [0.3, 0.4) is 0 Å². The monoisotopic (exact) mass is 856 g/mol. The Balaban J connectivity index is 0.973. The summed E-state index contributed by atoms with van der Waals surface area (Å²) in [6.45, 7) is 2.35. The first kappa shape index (κ1) is 42.3. The Morgan fingerprint density at radius 2 is 0.678 bits per heavy atom. The molecule has 12 nitrogen and oxygen atoms in total. The minimum absolute atomic E-state index is 0.0254. The molecule has 2 N–H and O–H groups in total. The van der Waals surface area contributed by atoms with Crippen molar-refractivity contribution in [2.75, 3.05) is 13.2 Å². The van der Waals surface area contributed by atoms with Crippen LogP contribution in [0, 0.1) is 0 Å². The summed E-state index contributed by atoms with van der Waals surface area (Å²) in [6, 6.07) is 34.5. The van der Waals surface area contributed by atoms with Crippen LogP contribution in [0.25, 0.3) is 0 Å². The molecule has 6 rings (SSSR count). The number of benzene rings is 6. The van der Waals surface area contributed by atoms with Crippen molar-refractivity contribution in [2.45, 2.75) is 55.4 Å². The van der Waals surface area contributed by atoms with Crippen LogP contribution < -0.4 is 18.9 Å². The van der Waals surface area contributed by atoms with Crippen LogP contribution in [0.15, 0.2) is 187 Å². The lowest BCUT2D eigenvalue weighted by Crippen LogP contribution is -2.23. The Morgan fingerprint density at radius 3 is 0.949 bits per heavy atom. The van der Waals surface area contributed by atoms with E-state index in [0.29, 0.717) is 35.8 Å². The lowest BCUT2D eigenvalue weighted by atomic mass is 10.3. The normalized spacial score (nSPS) is 12.5. The Morgan fingerprint density at radius 1 is 0.424 bits per heavy atom. The van der Waals surface area contributed by atoms with Gasteiger partial charge in [-0.15, -0.1) is 0 Å². The summed E-state index contributed by atoms with van der Waals surface area (Å²) in [5.41, 5.74) is 0. The Labute approximate surface area is 343 Å². The zero-order valence-corrected chi connectivity index (χ0v) is 34.1. The van der Waals surface area contributed by atoms with E-state index in [0.717, 1.165) is 0 Å². The zero-order valence-electron chi connectivity index (χ0n) is 31.6. The van der Waals surface area contributed by atoms with E-state index in [2.05, 4.69) is 0 Å². The zero-order chi connectivity index (χ0) is 42.0. The summed E-state index contributed by atoms with van der Waals surface area (Å²) < 4.78 is 102. The first-order chi connectivity index (χ1) is 28.2. The molecule has 0 radical (unpaired) electrons. The highest BCUT2D eigenvalue weighted by molar-refractivity contribution is 7.92. The van der Waals surface area contributed by atoms with Crippen LogP contribution in [-0.2, 0) is 29.5 Å². The van der Waals surface area contributed by atoms with Gasteiger partial charge >= 0.3 is 0 Å². The molecule has 0 spiro atoms. The van der Waals surface area contributed by atoms with Crippen molar-refractivity contribution < 1.29 is 54.4 Å². The maximum absolute atomic E-state index is 13.4. The molecule has 0 aliphatic heterocycles. The fraction of sp³-hybridized carbons (Fsp3) is 0.136. The van der Waals surface area contributed by atoms with Gasteiger partial charge in [0.1, 0.15) is 47.7 Å². The van der Waals surface area contributed by atoms with Crippen molar-refractivity contribution in [1.82, 2.24) is 0 Å². The molecule has 0 amide bonds. The third-order valence-corrected chi connectivity index (χ3v) is 14.1. The maximum atomic E-state index is 13.4. The van der Waals surface area contributed by atoms with Crippen molar-refractivity contribution in [3.8, 4) is 34.5 Å². The van der Waals surface area contributed by atoms with E-state index >= 15 is 0 Å². The molecule has 6 aromatic carbocycles. The molecule has 1 atom stereocenters. The SMILES string of the molecule is CCCC(Oc1ccc(S(=O)(=O)c2ccc(O)cc2)cc1)Oc1ccc(S(=O)(=O)c2ccc(OCC=CCOc3ccc(S(=O)(=O)c4ccc(O)cc4)cc3)cc2)cc1. The Kier molecular flexibility index (Phi) is 13.3. The summed E-state index contributed by atoms with van der Waals surface area (Å²) in [5, 5.41) is 18.9. The Bertz CT molecular complexity index is 2680. The molecule has 1 unspecified atom stereocenters. The van der Waals surface area contributed by atoms with E-state index in [1.807, 2.05) is 6.92 Å². The van der Waals surface area contributed by atoms with E-state index in [-0.39, 0.29) is 54.1 Å². The molecule has 0 aromatic heterocycles. The molecule has 59 heavy (non-hydrogen) atoms. The minimum Gasteiger partial charge on any atom is -0.508 e. The van der Waals surface area contributed by atoms with E-state index in [4.69, 9.17) is 18.9 Å². The number of hydrogen-bond donors (Lipinski definition) is 2. The highest BCUT2D eigenvalue weighted by Crippen LogP contribution is 2.29. The van der Waals surface area contributed by atoms with Crippen molar-refractivity contribution in [1.29, 1.82) is 0 Å². The van der Waals surface area contributed by atoms with Gasteiger partial charge in [0.05, 0.1) is 29.4 Å². The number of rotatable bonds is 18. The molecule has 0 heterocycles. The first-order valence-corrected chi connectivity index (χ1v) is 22.7. The van der Waals surface area contributed by atoms with Crippen LogP contribution in [0.5, 0.6) is 34.5 Å². The second kappa shape index (κ2) is 18.5. The van der Waals surface area contributed by atoms with Gasteiger partial charge < -0.3 is 29.2 Å². The van der Waals surface area contributed by atoms with Crippen molar-refractivity contribution >= 4 is 29.5 Å². The predicted octanol–water partition coefficient (Wildman–Crippen LogP) is 8.19. The van der Waals surface area contributed by atoms with Gasteiger partial charge in [-0.3, -0.25) is 0 Å². The van der Waals surface area contributed by atoms with Crippen molar-refractivity contribution in [2.24, 2.45) is 0 Å². The minimum atomic E-state index is -3.86. The molecular formula is C44H40O12S3. The van der Waals surface area contributed by atoms with Crippen LogP contribution in [0.4, 0.5) is 0 Å². The van der Waals surface area contributed by atoms with Crippen molar-refractivity contribution in [3.63, 3.8) is 0 Å². The van der Waals surface area contributed by atoms with E-state index in [9.17, 15) is 35.5 Å². The summed E-state index contributed by atoms with van der Waals surface area (Å²) >= 11 is 0. The van der Waals surface area contributed by atoms with Gasteiger partial charge in [-0.2, -0.15) is 0 Å². The molecule has 306 valence electrons. The van der Waals surface area contributed by atoms with Gasteiger partial charge in [0, 0.05) is 6.42 Å². The number of ether oxygens (including phenoxy) is 4. The van der Waals surface area contributed by atoms with Gasteiger partial charge in [-0.05, 0) is 164 Å². The van der Waals surface area contributed by atoms with Crippen LogP contribution >= 0.6 is 0 Å². The maximum Gasteiger partial charge on any atom is 0.241 e. The number of phenolic OH excluding ortho intramolecular Hbond substituents is 2. The molecule has 0 saturated heterocycles. The standard InChI is InChI=1S/C44H40O12S3/c1-2-5-44(55-36-14-26-42(27-15-36)58(49,50)39-20-8-33(46)9-21-39)56-37-16-28-43(29-17-37)59(51,52)41-24-12-35(13-25-41)54-31-4-3-30-53-34-10-22-40(23-11-34)57(47,48)38-18-6-32(45)7-19-38/h3-4,6-29,44-46H,2,5,30-31H2,1H3. The van der Waals surface area contributed by atoms with Crippen LogP contribution in [0.2, 0.25) is 0 Å². The summed E-state index contributed by atoms with van der Waals surface area (Å²) in [6.07, 6.45) is 3.95. The van der Waals surface area contributed by atoms with Crippen LogP contribution in [-0.4, -0.2) is 55.0 Å². The van der Waals surface area contributed by atoms with Gasteiger partial charge in [0.2, 0.25) is 35.8 Å². The van der Waals surface area contributed by atoms with E-state index in [1.54, 1.807) is 48.6 Å². The second-order valence-corrected chi connectivity index (χ2v) is 18.8. The largest absolute Gasteiger partial charge is 0.508 e. The quantitative estimate of drug-likeness (QED) is 0.0626. The third-order valence-electron chi connectivity index (χ3n) is 8.75. The summed E-state index contributed by atoms with van der Waals surface area (Å²) in [4.78, 5) is 0.412. The topological polar surface area (TPSA) is 180 Å². The molecule has 0 bridgehead atoms. The Hall–Kier alpha value is -6.29. The number of hydrogen-bond acceptors (Lipinski definition) is 12. The molecule has 6 aromatic rings. The lowest BCUT2D eigenvalue weighted by Gasteiger charge is -2.20. The van der Waals surface area contributed by atoms with Gasteiger partial charge in [0.15, 0.2) is 0 Å². The third kappa shape index (κ3) is 10.6. The first-order valence-electron chi connectivity index (χ1n) is 18.2. The molecule has 0 aliphatic carbocycles. The molecule has 15 heteroatoms. The average Bonchev–Trinajstić information content (AvgIpc) is 3.23. The molecule has 0 aliphatic rings. The smallest absolute Gasteiger partial charge is 0.241 e. The number of phenols is 2. The van der Waals surface area contributed by atoms with Crippen molar-refractivity contribution in [3.05, 3.63) is 158 Å². The van der Waals surface area contributed by atoms with Gasteiger partial charge in [-0.25, -0.2) is 25.3 Å². The fourth-order valence-corrected chi connectivity index (χ4v) is 9.37. The predicted molar refractivity (Wildman–Crippen MR) is 218 cm³/mol. The lowest BCUT2D eigenvalue weighted by molar-refractivity contribution is -0.00111. The van der Waals surface area contributed by atoms with E-state index < -0.39 is 35.8 Å². The summed E-state index contributed by atoms with van der Waals surface area (Å²) in [5.74, 6) is 1.63. The summed E-state index contributed by atoms with van der Waals surface area (Å²) in [7, 11) is -11.4. The second-order valence-electron chi connectivity index (χ2n) is 12.9. The fourth-order valence-electron chi connectivity index (χ4n) is 5.59. The van der Waals surface area contributed by atoms with Gasteiger partial charge in [-0.1, -0.05) is 6.92 Å². The number of aromatic hydroxyl groups is 2. The molecule has 0 saturated carbocycles. The van der Waals surface area contributed by atoms with E-state index in [1.165, 1.54) is 109 Å². The van der Waals surface area contributed by atoms with Gasteiger partial charge in [0.25, 0.3) is 0 Å². The number of sulfone groups is 3.